The first-order valence-electron chi connectivity index (χ1n) is 4.68. The SMILES string of the molecule is CC1(C)C(C(=O)O)C1C(OC(=O)O)C(Cl)(Cl)Cl. The minimum Gasteiger partial charge on any atom is -0.481 e. The zero-order chi connectivity index (χ0) is 13.6. The topological polar surface area (TPSA) is 83.8 Å². The van der Waals surface area contributed by atoms with Gasteiger partial charge in [-0.05, 0) is 5.41 Å². The van der Waals surface area contributed by atoms with E-state index in [9.17, 15) is 9.59 Å². The first-order chi connectivity index (χ1) is 7.49. The fourth-order valence-electron chi connectivity index (χ4n) is 2.17. The lowest BCUT2D eigenvalue weighted by molar-refractivity contribution is -0.139. The Morgan fingerprint density at radius 1 is 1.29 bits per heavy atom. The highest BCUT2D eigenvalue weighted by Gasteiger charge is 2.69. The number of carbonyl (C=O) groups is 2. The number of carboxylic acids is 1. The third-order valence-electron chi connectivity index (χ3n) is 3.05. The molecule has 0 saturated heterocycles. The highest BCUT2D eigenvalue weighted by atomic mass is 35.6. The standard InChI is InChI=1S/C9H11Cl3O5/c1-8(2)3(4(8)6(13)14)5(9(10,11)12)17-7(15)16/h3-5H,1-2H3,(H,13,14)(H,15,16). The van der Waals surface area contributed by atoms with E-state index in [0.29, 0.717) is 0 Å². The van der Waals surface area contributed by atoms with Gasteiger partial charge in [0.15, 0.2) is 6.10 Å². The molecule has 1 aliphatic rings. The second-order valence-electron chi connectivity index (χ2n) is 4.51. The van der Waals surface area contributed by atoms with Gasteiger partial charge in [0.1, 0.15) is 0 Å². The average molecular weight is 306 g/mol. The second kappa shape index (κ2) is 4.37. The van der Waals surface area contributed by atoms with Gasteiger partial charge < -0.3 is 14.9 Å². The van der Waals surface area contributed by atoms with Crippen LogP contribution in [0.1, 0.15) is 13.8 Å². The Bertz CT molecular complexity index is 349. The Hall–Kier alpha value is -0.390. The van der Waals surface area contributed by atoms with Crippen molar-refractivity contribution in [1.82, 2.24) is 0 Å². The number of ether oxygens (including phenoxy) is 1. The molecule has 0 aromatic rings. The average Bonchev–Trinajstić information content (AvgIpc) is 2.62. The van der Waals surface area contributed by atoms with E-state index in [1.807, 2.05) is 0 Å². The monoisotopic (exact) mass is 304 g/mol. The van der Waals surface area contributed by atoms with Crippen LogP contribution in [0.2, 0.25) is 0 Å². The molecule has 0 aromatic carbocycles. The van der Waals surface area contributed by atoms with Crippen molar-refractivity contribution >= 4 is 46.9 Å². The van der Waals surface area contributed by atoms with Gasteiger partial charge in [0.2, 0.25) is 3.79 Å². The lowest BCUT2D eigenvalue weighted by atomic mass is 10.1. The van der Waals surface area contributed by atoms with Crippen LogP contribution in [0.3, 0.4) is 0 Å². The number of rotatable bonds is 3. The van der Waals surface area contributed by atoms with Crippen molar-refractivity contribution in [3.05, 3.63) is 0 Å². The predicted octanol–water partition coefficient (Wildman–Crippen LogP) is 2.78. The van der Waals surface area contributed by atoms with E-state index in [1.165, 1.54) is 0 Å². The third-order valence-corrected chi connectivity index (χ3v) is 3.70. The number of alkyl halides is 3. The molecule has 3 unspecified atom stereocenters. The maximum absolute atomic E-state index is 11.0. The van der Waals surface area contributed by atoms with Crippen molar-refractivity contribution in [2.45, 2.75) is 23.7 Å². The summed E-state index contributed by atoms with van der Waals surface area (Å²) in [6, 6.07) is 0. The number of hydrogen-bond acceptors (Lipinski definition) is 3. The van der Waals surface area contributed by atoms with Gasteiger partial charge in [-0.15, -0.1) is 0 Å². The van der Waals surface area contributed by atoms with E-state index < -0.39 is 39.3 Å². The van der Waals surface area contributed by atoms with Crippen LogP contribution >= 0.6 is 34.8 Å². The molecule has 1 saturated carbocycles. The van der Waals surface area contributed by atoms with Gasteiger partial charge in [0, 0.05) is 5.92 Å². The lowest BCUT2D eigenvalue weighted by Gasteiger charge is -2.24. The second-order valence-corrected chi connectivity index (χ2v) is 6.88. The van der Waals surface area contributed by atoms with E-state index in [2.05, 4.69) is 4.74 Å². The highest BCUT2D eigenvalue weighted by molar-refractivity contribution is 6.68. The van der Waals surface area contributed by atoms with Gasteiger partial charge in [-0.1, -0.05) is 48.7 Å². The highest BCUT2D eigenvalue weighted by Crippen LogP contribution is 2.63. The fraction of sp³-hybridized carbons (Fsp3) is 0.778. The third kappa shape index (κ3) is 2.89. The summed E-state index contributed by atoms with van der Waals surface area (Å²) in [5.41, 5.74) is -0.671. The Kier molecular flexibility index (Phi) is 3.77. The van der Waals surface area contributed by atoms with Crippen molar-refractivity contribution in [3.8, 4) is 0 Å². The van der Waals surface area contributed by atoms with Gasteiger partial charge in [0.25, 0.3) is 0 Å². The van der Waals surface area contributed by atoms with Crippen LogP contribution in [-0.4, -0.2) is 32.2 Å². The Balaban J connectivity index is 2.95. The van der Waals surface area contributed by atoms with Crippen molar-refractivity contribution < 1.29 is 24.5 Å². The molecule has 0 aliphatic heterocycles. The quantitative estimate of drug-likeness (QED) is 0.619. The van der Waals surface area contributed by atoms with E-state index in [0.717, 1.165) is 0 Å². The molecule has 1 fully saturated rings. The van der Waals surface area contributed by atoms with Gasteiger partial charge in [-0.25, -0.2) is 4.79 Å². The molecule has 98 valence electrons. The van der Waals surface area contributed by atoms with E-state index >= 15 is 0 Å². The minimum absolute atomic E-state index is 0.663. The molecule has 8 heteroatoms. The van der Waals surface area contributed by atoms with Crippen LogP contribution in [0.4, 0.5) is 4.79 Å². The zero-order valence-corrected chi connectivity index (χ0v) is 11.3. The van der Waals surface area contributed by atoms with Crippen LogP contribution in [-0.2, 0) is 9.53 Å². The van der Waals surface area contributed by atoms with Crippen LogP contribution in [0.15, 0.2) is 0 Å². The van der Waals surface area contributed by atoms with Crippen LogP contribution in [0.5, 0.6) is 0 Å². The first kappa shape index (κ1) is 14.7. The number of halogens is 3. The molecule has 0 spiro atoms. The molecule has 17 heavy (non-hydrogen) atoms. The Labute approximate surface area is 113 Å². The molecular formula is C9H11Cl3O5. The number of aliphatic carboxylic acids is 1. The van der Waals surface area contributed by atoms with Gasteiger partial charge in [0.05, 0.1) is 5.92 Å². The molecule has 0 heterocycles. The van der Waals surface area contributed by atoms with Crippen LogP contribution < -0.4 is 0 Å². The number of carboxylic acid groups (broad SMARTS) is 2. The summed E-state index contributed by atoms with van der Waals surface area (Å²) in [7, 11) is 0. The van der Waals surface area contributed by atoms with E-state index in [-0.39, 0.29) is 0 Å². The Morgan fingerprint density at radius 3 is 2.00 bits per heavy atom. The molecule has 1 rings (SSSR count). The largest absolute Gasteiger partial charge is 0.506 e. The lowest BCUT2D eigenvalue weighted by Crippen LogP contribution is -2.35. The van der Waals surface area contributed by atoms with Crippen molar-refractivity contribution in [3.63, 3.8) is 0 Å². The molecule has 1 aliphatic carbocycles. The van der Waals surface area contributed by atoms with Crippen LogP contribution in [0.25, 0.3) is 0 Å². The smallest absolute Gasteiger partial charge is 0.481 e. The Morgan fingerprint density at radius 2 is 1.76 bits per heavy atom. The maximum Gasteiger partial charge on any atom is 0.506 e. The summed E-state index contributed by atoms with van der Waals surface area (Å²) in [6.45, 7) is 3.32. The molecule has 0 amide bonds. The summed E-state index contributed by atoms with van der Waals surface area (Å²) < 4.78 is 2.52. The first-order valence-corrected chi connectivity index (χ1v) is 5.82. The normalized spacial score (nSPS) is 28.3. The fourth-order valence-corrected chi connectivity index (χ4v) is 2.71. The summed E-state index contributed by atoms with van der Waals surface area (Å²) in [4.78, 5) is 21.5. The van der Waals surface area contributed by atoms with E-state index in [4.69, 9.17) is 45.0 Å². The molecule has 3 atom stereocenters. The van der Waals surface area contributed by atoms with E-state index in [1.54, 1.807) is 13.8 Å². The summed E-state index contributed by atoms with van der Waals surface area (Å²) >= 11 is 16.9. The van der Waals surface area contributed by atoms with Crippen molar-refractivity contribution in [1.29, 1.82) is 0 Å². The van der Waals surface area contributed by atoms with Crippen molar-refractivity contribution in [2.24, 2.45) is 17.3 Å². The molecule has 5 nitrogen and oxygen atoms in total. The molecule has 2 N–H and O–H groups in total. The van der Waals surface area contributed by atoms with Gasteiger partial charge in [-0.2, -0.15) is 0 Å². The van der Waals surface area contributed by atoms with Crippen LogP contribution in [0, 0.1) is 17.3 Å². The molecule has 0 aromatic heterocycles. The summed E-state index contributed by atoms with van der Waals surface area (Å²) in [6.07, 6.45) is -2.91. The predicted molar refractivity (Wildman–Crippen MR) is 61.6 cm³/mol. The minimum atomic E-state index is -2.00. The molecular weight excluding hydrogens is 294 g/mol. The zero-order valence-electron chi connectivity index (χ0n) is 8.99. The summed E-state index contributed by atoms with van der Waals surface area (Å²) in [5.74, 6) is -2.51. The van der Waals surface area contributed by atoms with Gasteiger partial charge >= 0.3 is 12.1 Å². The summed E-state index contributed by atoms with van der Waals surface area (Å²) in [5, 5.41) is 17.5. The molecule has 0 radical (unpaired) electrons. The molecule has 0 bridgehead atoms. The maximum atomic E-state index is 11.0. The van der Waals surface area contributed by atoms with Gasteiger partial charge in [-0.3, -0.25) is 4.79 Å². The number of hydrogen-bond donors (Lipinski definition) is 2. The van der Waals surface area contributed by atoms with Crippen molar-refractivity contribution in [2.75, 3.05) is 0 Å².